The van der Waals surface area contributed by atoms with E-state index in [1.54, 1.807) is 0 Å². The van der Waals surface area contributed by atoms with Crippen LogP contribution in [-0.2, 0) is 18.9 Å². The van der Waals surface area contributed by atoms with Gasteiger partial charge in [0.2, 0.25) is 0 Å². The topological polar surface area (TPSA) is 57.2 Å². The van der Waals surface area contributed by atoms with E-state index in [2.05, 4.69) is 0 Å². The van der Waals surface area contributed by atoms with Crippen LogP contribution in [0, 0.1) is 0 Å². The largest absolute Gasteiger partial charge is 0.359 e. The van der Waals surface area contributed by atoms with Gasteiger partial charge in [0.15, 0.2) is 0 Å². The molecule has 0 saturated carbocycles. The van der Waals surface area contributed by atoms with Gasteiger partial charge in [-0.3, -0.25) is 0 Å². The van der Waals surface area contributed by atoms with E-state index in [0.29, 0.717) is 6.61 Å². The van der Waals surface area contributed by atoms with Crippen LogP contribution in [0.4, 0.5) is 0 Å². The van der Waals surface area contributed by atoms with Gasteiger partial charge in [0.1, 0.15) is 12.2 Å². The number of methoxy groups -OCH3 is 2. The predicted octanol–water partition coefficient (Wildman–Crippen LogP) is 1.53. The Balaban J connectivity index is 2.17. The summed E-state index contributed by atoms with van der Waals surface area (Å²) in [5.74, 6) is -2.99. The summed E-state index contributed by atoms with van der Waals surface area (Å²) in [4.78, 5) is 0. The van der Waals surface area contributed by atoms with Gasteiger partial charge in [0.05, 0.1) is 0 Å². The minimum Gasteiger partial charge on any atom is -0.359 e. The van der Waals surface area contributed by atoms with Crippen molar-refractivity contribution in [3.05, 3.63) is 35.4 Å². The Bertz CT molecular complexity index is 490. The van der Waals surface area contributed by atoms with Crippen LogP contribution in [0.2, 0.25) is 0 Å². The van der Waals surface area contributed by atoms with Crippen LogP contribution < -0.4 is 0 Å². The number of aliphatic hydroxyl groups is 1. The molecule has 1 aromatic carbocycles. The van der Waals surface area contributed by atoms with Crippen molar-refractivity contribution in [2.45, 2.75) is 30.7 Å². The monoisotopic (exact) mass is 266 g/mol. The average Bonchev–Trinajstić information content (AvgIpc) is 2.94. The van der Waals surface area contributed by atoms with Crippen molar-refractivity contribution >= 4 is 0 Å². The molecule has 0 aromatic heterocycles. The highest BCUT2D eigenvalue weighted by Crippen LogP contribution is 2.62. The fraction of sp³-hybridized carbons (Fsp3) is 0.571. The summed E-state index contributed by atoms with van der Waals surface area (Å²) in [6, 6.07) is 7.73. The predicted molar refractivity (Wildman–Crippen MR) is 66.3 cm³/mol. The van der Waals surface area contributed by atoms with Crippen LogP contribution >= 0.6 is 0 Å². The maximum Gasteiger partial charge on any atom is 0.258 e. The second-order valence-electron chi connectivity index (χ2n) is 4.73. The molecule has 0 spiro atoms. The molecule has 1 N–H and O–H groups in total. The minimum atomic E-state index is -1.66. The van der Waals surface area contributed by atoms with Gasteiger partial charge >= 0.3 is 0 Å². The van der Waals surface area contributed by atoms with E-state index >= 15 is 0 Å². The lowest BCUT2D eigenvalue weighted by Gasteiger charge is -2.44. The van der Waals surface area contributed by atoms with Crippen molar-refractivity contribution < 1.29 is 24.1 Å². The van der Waals surface area contributed by atoms with E-state index in [9.17, 15) is 5.11 Å². The smallest absolute Gasteiger partial charge is 0.258 e. The standard InChI is InChI=1S/C14H18O5/c1-4-18-14(17-3)12-10-8-6-5-7-9(10)11(19-12)13(14,15)16-2/h5-8,11-12,15H,4H2,1-3H3/t11-,12+,13+,14+/m1/s1. The van der Waals surface area contributed by atoms with E-state index in [4.69, 9.17) is 18.9 Å². The molecule has 4 atom stereocenters. The molecule has 0 radical (unpaired) electrons. The molecule has 3 rings (SSSR count). The van der Waals surface area contributed by atoms with Gasteiger partial charge in [-0.2, -0.15) is 0 Å². The zero-order valence-corrected chi connectivity index (χ0v) is 11.3. The zero-order chi connectivity index (χ0) is 13.7. The summed E-state index contributed by atoms with van der Waals surface area (Å²) < 4.78 is 22.4. The summed E-state index contributed by atoms with van der Waals surface area (Å²) in [6.07, 6.45) is -1.10. The molecule has 0 aliphatic carbocycles. The van der Waals surface area contributed by atoms with Gasteiger partial charge in [-0.15, -0.1) is 0 Å². The first kappa shape index (κ1) is 13.0. The maximum atomic E-state index is 10.9. The molecule has 0 unspecified atom stereocenters. The molecular weight excluding hydrogens is 248 g/mol. The Morgan fingerprint density at radius 3 is 2.32 bits per heavy atom. The second-order valence-corrected chi connectivity index (χ2v) is 4.73. The highest BCUT2D eigenvalue weighted by atomic mass is 16.8. The first-order chi connectivity index (χ1) is 9.14. The van der Waals surface area contributed by atoms with Crippen molar-refractivity contribution in [1.29, 1.82) is 0 Å². The fourth-order valence-electron chi connectivity index (χ4n) is 3.19. The third-order valence-corrected chi connectivity index (χ3v) is 4.01. The van der Waals surface area contributed by atoms with E-state index in [1.807, 2.05) is 31.2 Å². The van der Waals surface area contributed by atoms with Gasteiger partial charge in [0, 0.05) is 20.8 Å². The molecule has 1 saturated heterocycles. The number of hydrogen-bond donors (Lipinski definition) is 1. The summed E-state index contributed by atoms with van der Waals surface area (Å²) in [5, 5.41) is 10.9. The molecule has 19 heavy (non-hydrogen) atoms. The Morgan fingerprint density at radius 2 is 1.79 bits per heavy atom. The summed E-state index contributed by atoms with van der Waals surface area (Å²) >= 11 is 0. The molecule has 1 aromatic rings. The van der Waals surface area contributed by atoms with E-state index < -0.39 is 23.8 Å². The Hall–Kier alpha value is -0.980. The molecule has 2 aliphatic rings. The van der Waals surface area contributed by atoms with E-state index in [0.717, 1.165) is 11.1 Å². The van der Waals surface area contributed by atoms with Crippen LogP contribution in [0.3, 0.4) is 0 Å². The number of rotatable bonds is 4. The first-order valence-electron chi connectivity index (χ1n) is 6.35. The number of benzene rings is 1. The SMILES string of the molecule is CCO[C@@]1(OC)[C@H]2O[C@H](c3ccccc32)[C@]1(O)OC. The molecule has 104 valence electrons. The van der Waals surface area contributed by atoms with Crippen molar-refractivity contribution in [2.75, 3.05) is 20.8 Å². The highest BCUT2D eigenvalue weighted by molar-refractivity contribution is 5.42. The van der Waals surface area contributed by atoms with Gasteiger partial charge in [-0.1, -0.05) is 24.3 Å². The Morgan fingerprint density at radius 1 is 1.16 bits per heavy atom. The second kappa shape index (κ2) is 4.26. The molecule has 5 nitrogen and oxygen atoms in total. The lowest BCUT2D eigenvalue weighted by atomic mass is 9.82. The number of hydrogen-bond acceptors (Lipinski definition) is 5. The third-order valence-electron chi connectivity index (χ3n) is 4.01. The van der Waals surface area contributed by atoms with Crippen LogP contribution in [-0.4, -0.2) is 37.5 Å². The maximum absolute atomic E-state index is 10.9. The third kappa shape index (κ3) is 1.37. The molecular formula is C14H18O5. The molecule has 2 bridgehead atoms. The van der Waals surface area contributed by atoms with Crippen LogP contribution in [0.5, 0.6) is 0 Å². The molecule has 1 fully saturated rings. The van der Waals surface area contributed by atoms with Crippen LogP contribution in [0.15, 0.2) is 24.3 Å². The van der Waals surface area contributed by atoms with Gasteiger partial charge < -0.3 is 24.1 Å². The van der Waals surface area contributed by atoms with E-state index in [-0.39, 0.29) is 0 Å². The quantitative estimate of drug-likeness (QED) is 0.837. The molecule has 0 amide bonds. The van der Waals surface area contributed by atoms with Gasteiger partial charge in [-0.05, 0) is 18.1 Å². The lowest BCUT2D eigenvalue weighted by molar-refractivity contribution is -0.383. The van der Waals surface area contributed by atoms with Crippen molar-refractivity contribution in [3.8, 4) is 0 Å². The fourth-order valence-corrected chi connectivity index (χ4v) is 3.19. The lowest BCUT2D eigenvalue weighted by Crippen LogP contribution is -2.61. The van der Waals surface area contributed by atoms with Crippen molar-refractivity contribution in [2.24, 2.45) is 0 Å². The zero-order valence-electron chi connectivity index (χ0n) is 11.3. The first-order valence-corrected chi connectivity index (χ1v) is 6.35. The van der Waals surface area contributed by atoms with Crippen LogP contribution in [0.25, 0.3) is 0 Å². The Kier molecular flexibility index (Phi) is 2.92. The Labute approximate surface area is 112 Å². The molecule has 2 aliphatic heterocycles. The number of ether oxygens (including phenoxy) is 4. The summed E-state index contributed by atoms with van der Waals surface area (Å²) in [5.41, 5.74) is 1.90. The van der Waals surface area contributed by atoms with Gasteiger partial charge in [-0.25, -0.2) is 0 Å². The molecule has 5 heteroatoms. The van der Waals surface area contributed by atoms with Gasteiger partial charge in [0.25, 0.3) is 11.6 Å². The van der Waals surface area contributed by atoms with Crippen molar-refractivity contribution in [1.82, 2.24) is 0 Å². The van der Waals surface area contributed by atoms with Crippen molar-refractivity contribution in [3.63, 3.8) is 0 Å². The van der Waals surface area contributed by atoms with E-state index in [1.165, 1.54) is 14.2 Å². The van der Waals surface area contributed by atoms with Crippen LogP contribution in [0.1, 0.15) is 30.3 Å². The average molecular weight is 266 g/mol. The summed E-state index contributed by atoms with van der Waals surface area (Å²) in [7, 11) is 2.92. The summed E-state index contributed by atoms with van der Waals surface area (Å²) in [6.45, 7) is 2.23. The normalized spacial score (nSPS) is 39.6. The highest BCUT2D eigenvalue weighted by Gasteiger charge is 2.74. The number of fused-ring (bicyclic) bond motifs is 5. The minimum absolute atomic E-state index is 0.383. The molecule has 2 heterocycles.